The van der Waals surface area contributed by atoms with Crippen LogP contribution in [0.3, 0.4) is 0 Å². The van der Waals surface area contributed by atoms with Gasteiger partial charge in [0.2, 0.25) is 0 Å². The molecule has 3 aromatic carbocycles. The molecule has 0 atom stereocenters. The Morgan fingerprint density at radius 1 is 1.16 bits per heavy atom. The number of nitriles is 1. The Morgan fingerprint density at radius 2 is 1.84 bits per heavy atom. The Bertz CT molecular complexity index is 1180. The first-order chi connectivity index (χ1) is 15.4. The summed E-state index contributed by atoms with van der Waals surface area (Å²) in [6.07, 6.45) is 1.42. The minimum Gasteiger partial charge on any atom is -0.493 e. The average molecular weight is 451 g/mol. The van der Waals surface area contributed by atoms with Gasteiger partial charge in [0.25, 0.3) is 5.91 Å². The van der Waals surface area contributed by atoms with Crippen molar-refractivity contribution >= 4 is 29.3 Å². The van der Waals surface area contributed by atoms with E-state index in [0.717, 1.165) is 11.1 Å². The van der Waals surface area contributed by atoms with Gasteiger partial charge in [-0.1, -0.05) is 41.4 Å². The third-order valence-corrected chi connectivity index (χ3v) is 4.81. The number of hydrogen-bond donors (Lipinski definition) is 1. The summed E-state index contributed by atoms with van der Waals surface area (Å²) in [5.74, 6) is -0.233. The van der Waals surface area contributed by atoms with Gasteiger partial charge in [0, 0.05) is 5.69 Å². The SMILES string of the molecule is COc1cc(/C=C(\C#N)C(=O)Nc2ccc(C)cc2)cc(Cl)c1OCc1ccc(F)cc1. The first kappa shape index (κ1) is 22.9. The minimum atomic E-state index is -0.539. The highest BCUT2D eigenvalue weighted by atomic mass is 35.5. The molecule has 1 amide bonds. The fourth-order valence-corrected chi connectivity index (χ4v) is 3.12. The van der Waals surface area contributed by atoms with Crippen molar-refractivity contribution in [2.24, 2.45) is 0 Å². The van der Waals surface area contributed by atoms with E-state index in [9.17, 15) is 14.4 Å². The predicted octanol–water partition coefficient (Wildman–Crippen LogP) is 5.92. The van der Waals surface area contributed by atoms with Gasteiger partial charge in [-0.3, -0.25) is 4.79 Å². The first-order valence-electron chi connectivity index (χ1n) is 9.64. The molecule has 5 nitrogen and oxygen atoms in total. The standard InChI is InChI=1S/C25H20ClFN2O3/c1-16-3-9-21(10-4-16)29-25(30)19(14-28)11-18-12-22(26)24(23(13-18)31-2)32-15-17-5-7-20(27)8-6-17/h3-13H,15H2,1-2H3,(H,29,30)/b19-11+. The molecule has 0 fully saturated rings. The quantitative estimate of drug-likeness (QED) is 0.358. The highest BCUT2D eigenvalue weighted by molar-refractivity contribution is 6.32. The number of rotatable bonds is 7. The maximum atomic E-state index is 13.1. The molecule has 0 aliphatic rings. The van der Waals surface area contributed by atoms with E-state index in [1.165, 1.54) is 25.3 Å². The van der Waals surface area contributed by atoms with E-state index in [1.54, 1.807) is 36.4 Å². The predicted molar refractivity (Wildman–Crippen MR) is 122 cm³/mol. The van der Waals surface area contributed by atoms with Crippen LogP contribution in [-0.2, 0) is 11.4 Å². The maximum absolute atomic E-state index is 13.1. The molecule has 0 radical (unpaired) electrons. The fraction of sp³-hybridized carbons (Fsp3) is 0.120. The number of ether oxygens (including phenoxy) is 2. The van der Waals surface area contributed by atoms with Crippen LogP contribution >= 0.6 is 11.6 Å². The van der Waals surface area contributed by atoms with Crippen LogP contribution in [0.25, 0.3) is 6.08 Å². The topological polar surface area (TPSA) is 71.3 Å². The van der Waals surface area contributed by atoms with Gasteiger partial charge in [0.1, 0.15) is 24.1 Å². The fourth-order valence-electron chi connectivity index (χ4n) is 2.85. The molecule has 1 N–H and O–H groups in total. The van der Waals surface area contributed by atoms with Gasteiger partial charge >= 0.3 is 0 Å². The second-order valence-corrected chi connectivity index (χ2v) is 7.35. The summed E-state index contributed by atoms with van der Waals surface area (Å²) in [5, 5.41) is 12.4. The number of nitrogens with one attached hydrogen (secondary N) is 1. The van der Waals surface area contributed by atoms with Crippen molar-refractivity contribution < 1.29 is 18.7 Å². The molecule has 162 valence electrons. The lowest BCUT2D eigenvalue weighted by Crippen LogP contribution is -2.13. The molecule has 0 heterocycles. The Morgan fingerprint density at radius 3 is 2.47 bits per heavy atom. The van der Waals surface area contributed by atoms with Gasteiger partial charge in [-0.25, -0.2) is 4.39 Å². The number of hydrogen-bond acceptors (Lipinski definition) is 4. The lowest BCUT2D eigenvalue weighted by molar-refractivity contribution is -0.112. The number of nitrogens with zero attached hydrogens (tertiary/aromatic N) is 1. The van der Waals surface area contributed by atoms with Gasteiger partial charge < -0.3 is 14.8 Å². The average Bonchev–Trinajstić information content (AvgIpc) is 2.79. The van der Waals surface area contributed by atoms with E-state index in [2.05, 4.69) is 5.32 Å². The van der Waals surface area contributed by atoms with Crippen LogP contribution in [0.4, 0.5) is 10.1 Å². The Kier molecular flexibility index (Phi) is 7.48. The molecule has 0 aromatic heterocycles. The van der Waals surface area contributed by atoms with Gasteiger partial charge in [-0.2, -0.15) is 5.26 Å². The van der Waals surface area contributed by atoms with E-state index < -0.39 is 5.91 Å². The summed E-state index contributed by atoms with van der Waals surface area (Å²) in [6, 6.07) is 18.2. The normalized spacial score (nSPS) is 10.9. The van der Waals surface area contributed by atoms with E-state index in [0.29, 0.717) is 22.7 Å². The number of carbonyl (C=O) groups is 1. The summed E-state index contributed by atoms with van der Waals surface area (Å²) < 4.78 is 24.2. The molecule has 0 spiro atoms. The third kappa shape index (κ3) is 5.87. The number of anilines is 1. The molecule has 0 saturated heterocycles. The van der Waals surface area contributed by atoms with Crippen molar-refractivity contribution in [1.29, 1.82) is 5.26 Å². The number of carbonyl (C=O) groups excluding carboxylic acids is 1. The highest BCUT2D eigenvalue weighted by Crippen LogP contribution is 2.37. The van der Waals surface area contributed by atoms with Crippen molar-refractivity contribution in [3.63, 3.8) is 0 Å². The van der Waals surface area contributed by atoms with E-state index >= 15 is 0 Å². The lowest BCUT2D eigenvalue weighted by Gasteiger charge is -2.13. The lowest BCUT2D eigenvalue weighted by atomic mass is 10.1. The smallest absolute Gasteiger partial charge is 0.266 e. The van der Waals surface area contributed by atoms with Gasteiger partial charge in [-0.15, -0.1) is 0 Å². The van der Waals surface area contributed by atoms with E-state index in [-0.39, 0.29) is 23.0 Å². The largest absolute Gasteiger partial charge is 0.493 e. The first-order valence-corrected chi connectivity index (χ1v) is 10.0. The van der Waals surface area contributed by atoms with Gasteiger partial charge in [0.15, 0.2) is 11.5 Å². The molecule has 32 heavy (non-hydrogen) atoms. The molecule has 3 aromatic rings. The molecule has 7 heteroatoms. The van der Waals surface area contributed by atoms with Crippen molar-refractivity contribution in [3.8, 4) is 17.6 Å². The summed E-state index contributed by atoms with van der Waals surface area (Å²) >= 11 is 6.38. The number of methoxy groups -OCH3 is 1. The van der Waals surface area contributed by atoms with Crippen molar-refractivity contribution in [3.05, 3.63) is 93.8 Å². The Balaban J connectivity index is 1.80. The molecule has 0 aliphatic heterocycles. The summed E-state index contributed by atoms with van der Waals surface area (Å²) in [6.45, 7) is 2.10. The van der Waals surface area contributed by atoms with Crippen LogP contribution < -0.4 is 14.8 Å². The number of halogens is 2. The second-order valence-electron chi connectivity index (χ2n) is 6.94. The van der Waals surface area contributed by atoms with Crippen LogP contribution in [-0.4, -0.2) is 13.0 Å². The molecule has 0 saturated carbocycles. The summed E-state index contributed by atoms with van der Waals surface area (Å²) in [4.78, 5) is 12.5. The zero-order chi connectivity index (χ0) is 23.1. The van der Waals surface area contributed by atoms with Crippen LogP contribution in [0.2, 0.25) is 5.02 Å². The van der Waals surface area contributed by atoms with Crippen LogP contribution in [0.15, 0.2) is 66.2 Å². The minimum absolute atomic E-state index is 0.0938. The Hall–Kier alpha value is -3.82. The second kappa shape index (κ2) is 10.5. The van der Waals surface area contributed by atoms with Gasteiger partial charge in [-0.05, 0) is 60.5 Å². The highest BCUT2D eigenvalue weighted by Gasteiger charge is 2.14. The monoisotopic (exact) mass is 450 g/mol. The molecule has 3 rings (SSSR count). The number of amides is 1. The van der Waals surface area contributed by atoms with Crippen molar-refractivity contribution in [2.45, 2.75) is 13.5 Å². The molecular weight excluding hydrogens is 431 g/mol. The zero-order valence-electron chi connectivity index (χ0n) is 17.5. The molecular formula is C25H20ClFN2O3. The van der Waals surface area contributed by atoms with Crippen molar-refractivity contribution in [2.75, 3.05) is 12.4 Å². The summed E-state index contributed by atoms with van der Waals surface area (Å²) in [5.41, 5.74) is 2.80. The van der Waals surface area contributed by atoms with E-state index in [4.69, 9.17) is 21.1 Å². The number of benzene rings is 3. The van der Waals surface area contributed by atoms with Gasteiger partial charge in [0.05, 0.1) is 12.1 Å². The van der Waals surface area contributed by atoms with Crippen LogP contribution in [0.1, 0.15) is 16.7 Å². The molecule has 0 unspecified atom stereocenters. The maximum Gasteiger partial charge on any atom is 0.266 e. The zero-order valence-corrected chi connectivity index (χ0v) is 18.2. The molecule has 0 bridgehead atoms. The molecule has 0 aliphatic carbocycles. The van der Waals surface area contributed by atoms with Crippen LogP contribution in [0.5, 0.6) is 11.5 Å². The summed E-state index contributed by atoms with van der Waals surface area (Å²) in [7, 11) is 1.46. The Labute approximate surface area is 190 Å². The number of aryl methyl sites for hydroxylation is 1. The van der Waals surface area contributed by atoms with E-state index in [1.807, 2.05) is 25.1 Å². The third-order valence-electron chi connectivity index (χ3n) is 4.53. The van der Waals surface area contributed by atoms with Crippen LogP contribution in [0, 0.1) is 24.1 Å². The van der Waals surface area contributed by atoms with Crippen molar-refractivity contribution in [1.82, 2.24) is 0 Å².